The Morgan fingerprint density at radius 1 is 1.18 bits per heavy atom. The van der Waals surface area contributed by atoms with Gasteiger partial charge in [0, 0.05) is 10.5 Å². The highest BCUT2D eigenvalue weighted by Crippen LogP contribution is 2.18. The molecule has 120 valence electrons. The molecule has 0 spiro atoms. The highest BCUT2D eigenvalue weighted by atomic mass is 79.9. The average molecular weight is 369 g/mol. The minimum Gasteiger partial charge on any atom is -0.481 e. The van der Waals surface area contributed by atoms with Crippen molar-refractivity contribution in [2.45, 2.75) is 51.2 Å². The number of hydrogen-bond donors (Lipinski definition) is 2. The Morgan fingerprint density at radius 3 is 2.45 bits per heavy atom. The molecule has 22 heavy (non-hydrogen) atoms. The molecule has 0 saturated heterocycles. The summed E-state index contributed by atoms with van der Waals surface area (Å²) < 4.78 is 6.44. The minimum atomic E-state index is -0.738. The molecule has 1 aromatic rings. The molecule has 1 atom stereocenters. The maximum absolute atomic E-state index is 12.0. The fourth-order valence-electron chi connectivity index (χ4n) is 2.45. The van der Waals surface area contributed by atoms with Crippen LogP contribution in [0.2, 0.25) is 0 Å². The average Bonchev–Trinajstić information content (AvgIpc) is 2.50. The van der Waals surface area contributed by atoms with Crippen molar-refractivity contribution in [3.63, 3.8) is 0 Å². The lowest BCUT2D eigenvalue weighted by molar-refractivity contribution is -0.126. The molecule has 2 rings (SSSR count). The van der Waals surface area contributed by atoms with Gasteiger partial charge in [0.05, 0.1) is 0 Å². The number of imide groups is 1. The molecule has 1 aliphatic rings. The van der Waals surface area contributed by atoms with Crippen molar-refractivity contribution in [3.05, 3.63) is 28.7 Å². The molecule has 1 aromatic carbocycles. The van der Waals surface area contributed by atoms with Gasteiger partial charge < -0.3 is 10.1 Å². The molecule has 1 aliphatic carbocycles. The first kappa shape index (κ1) is 16.8. The van der Waals surface area contributed by atoms with Crippen molar-refractivity contribution >= 4 is 27.9 Å². The predicted octanol–water partition coefficient (Wildman–Crippen LogP) is 3.37. The van der Waals surface area contributed by atoms with Crippen LogP contribution in [0.15, 0.2) is 28.7 Å². The molecule has 1 saturated carbocycles. The summed E-state index contributed by atoms with van der Waals surface area (Å²) in [5.41, 5.74) is 0. The zero-order valence-electron chi connectivity index (χ0n) is 12.6. The third kappa shape index (κ3) is 5.33. The van der Waals surface area contributed by atoms with Crippen LogP contribution < -0.4 is 15.4 Å². The van der Waals surface area contributed by atoms with Gasteiger partial charge in [0.15, 0.2) is 6.10 Å². The van der Waals surface area contributed by atoms with Crippen molar-refractivity contribution < 1.29 is 14.3 Å². The Labute approximate surface area is 138 Å². The van der Waals surface area contributed by atoms with E-state index in [0.29, 0.717) is 5.75 Å². The first-order valence-corrected chi connectivity index (χ1v) is 8.37. The van der Waals surface area contributed by atoms with Gasteiger partial charge in [0.25, 0.3) is 5.91 Å². The van der Waals surface area contributed by atoms with E-state index in [1.807, 2.05) is 12.1 Å². The third-order valence-electron chi connectivity index (χ3n) is 3.67. The van der Waals surface area contributed by atoms with Crippen molar-refractivity contribution in [3.8, 4) is 5.75 Å². The van der Waals surface area contributed by atoms with E-state index < -0.39 is 18.0 Å². The Hall–Kier alpha value is -1.56. The van der Waals surface area contributed by atoms with Gasteiger partial charge in [-0.2, -0.15) is 0 Å². The molecule has 0 bridgehead atoms. The number of urea groups is 1. The van der Waals surface area contributed by atoms with Crippen LogP contribution in [0.3, 0.4) is 0 Å². The number of rotatable bonds is 4. The molecule has 1 fully saturated rings. The summed E-state index contributed by atoms with van der Waals surface area (Å²) >= 11 is 3.33. The first-order valence-electron chi connectivity index (χ1n) is 7.58. The monoisotopic (exact) mass is 368 g/mol. The van der Waals surface area contributed by atoms with Gasteiger partial charge in [-0.15, -0.1) is 0 Å². The van der Waals surface area contributed by atoms with Gasteiger partial charge in [0.1, 0.15) is 5.75 Å². The van der Waals surface area contributed by atoms with Gasteiger partial charge in [-0.05, 0) is 44.0 Å². The Morgan fingerprint density at radius 2 is 1.82 bits per heavy atom. The molecule has 5 nitrogen and oxygen atoms in total. The fourth-order valence-corrected chi connectivity index (χ4v) is 2.72. The van der Waals surface area contributed by atoms with Crippen LogP contribution in [0, 0.1) is 0 Å². The molecule has 0 radical (unpaired) electrons. The fraction of sp³-hybridized carbons (Fsp3) is 0.500. The molecule has 0 aromatic heterocycles. The molecule has 0 aliphatic heterocycles. The quantitative estimate of drug-likeness (QED) is 0.855. The normalized spacial score (nSPS) is 16.6. The lowest BCUT2D eigenvalue weighted by Crippen LogP contribution is -2.48. The van der Waals surface area contributed by atoms with E-state index in [2.05, 4.69) is 26.6 Å². The number of ether oxygens (including phenoxy) is 1. The summed E-state index contributed by atoms with van der Waals surface area (Å²) in [5.74, 6) is 0.134. The number of nitrogens with one attached hydrogen (secondary N) is 2. The maximum Gasteiger partial charge on any atom is 0.321 e. The van der Waals surface area contributed by atoms with Crippen molar-refractivity contribution in [2.24, 2.45) is 0 Å². The topological polar surface area (TPSA) is 67.4 Å². The number of halogens is 1. The number of carbonyl (C=O) groups is 2. The van der Waals surface area contributed by atoms with Crippen LogP contribution in [0.25, 0.3) is 0 Å². The minimum absolute atomic E-state index is 0.171. The number of carbonyl (C=O) groups excluding carboxylic acids is 2. The second kappa shape index (κ2) is 8.17. The van der Waals surface area contributed by atoms with Crippen LogP contribution in [0.1, 0.15) is 39.0 Å². The van der Waals surface area contributed by atoms with Gasteiger partial charge in [-0.25, -0.2) is 4.79 Å². The summed E-state index contributed by atoms with van der Waals surface area (Å²) in [4.78, 5) is 23.8. The van der Waals surface area contributed by atoms with Crippen molar-refractivity contribution in [1.82, 2.24) is 10.6 Å². The van der Waals surface area contributed by atoms with Crippen molar-refractivity contribution in [2.75, 3.05) is 0 Å². The van der Waals surface area contributed by atoms with Crippen molar-refractivity contribution in [1.29, 1.82) is 0 Å². The second-order valence-electron chi connectivity index (χ2n) is 5.51. The molecular formula is C16H21BrN2O3. The molecule has 0 unspecified atom stereocenters. The summed E-state index contributed by atoms with van der Waals surface area (Å²) in [6, 6.07) is 6.91. The van der Waals surface area contributed by atoms with E-state index in [1.54, 1.807) is 19.1 Å². The summed E-state index contributed by atoms with van der Waals surface area (Å²) in [5, 5.41) is 5.18. The molecule has 6 heteroatoms. The third-order valence-corrected chi connectivity index (χ3v) is 4.20. The highest BCUT2D eigenvalue weighted by molar-refractivity contribution is 9.10. The summed E-state index contributed by atoms with van der Waals surface area (Å²) in [6.45, 7) is 1.62. The number of amides is 3. The van der Waals surface area contributed by atoms with Crippen LogP contribution >= 0.6 is 15.9 Å². The van der Waals surface area contributed by atoms with E-state index in [4.69, 9.17) is 4.74 Å². The first-order chi connectivity index (χ1) is 10.5. The Kier molecular flexibility index (Phi) is 6.24. The lowest BCUT2D eigenvalue weighted by atomic mass is 9.96. The number of benzene rings is 1. The van der Waals surface area contributed by atoms with Gasteiger partial charge in [-0.1, -0.05) is 35.2 Å². The molecule has 2 N–H and O–H groups in total. The van der Waals surface area contributed by atoms with Gasteiger partial charge in [0.2, 0.25) is 0 Å². The van der Waals surface area contributed by atoms with E-state index in [9.17, 15) is 9.59 Å². The largest absolute Gasteiger partial charge is 0.481 e. The predicted molar refractivity (Wildman–Crippen MR) is 87.8 cm³/mol. The van der Waals surface area contributed by atoms with Crippen LogP contribution in [0.5, 0.6) is 5.75 Å². The highest BCUT2D eigenvalue weighted by Gasteiger charge is 2.20. The second-order valence-corrected chi connectivity index (χ2v) is 6.43. The summed E-state index contributed by atoms with van der Waals surface area (Å²) in [7, 11) is 0. The zero-order chi connectivity index (χ0) is 15.9. The maximum atomic E-state index is 12.0. The molecule has 3 amide bonds. The van der Waals surface area contributed by atoms with E-state index >= 15 is 0 Å². The molecular weight excluding hydrogens is 348 g/mol. The van der Waals surface area contributed by atoms with E-state index in [0.717, 1.165) is 30.2 Å². The standard InChI is InChI=1S/C16H21BrN2O3/c1-11(22-14-9-7-12(17)8-10-14)15(20)19-16(21)18-13-5-3-2-4-6-13/h7-11,13H,2-6H2,1H3,(H2,18,19,20,21)/t11-/m0/s1. The number of hydrogen-bond acceptors (Lipinski definition) is 3. The van der Waals surface area contributed by atoms with E-state index in [-0.39, 0.29) is 6.04 Å². The zero-order valence-corrected chi connectivity index (χ0v) is 14.2. The Balaban J connectivity index is 1.77. The lowest BCUT2D eigenvalue weighted by Gasteiger charge is -2.23. The molecule has 0 heterocycles. The van der Waals surface area contributed by atoms with E-state index in [1.165, 1.54) is 6.42 Å². The Bertz CT molecular complexity index is 513. The van der Waals surface area contributed by atoms with Gasteiger partial charge >= 0.3 is 6.03 Å². The van der Waals surface area contributed by atoms with Crippen LogP contribution in [-0.2, 0) is 4.79 Å². The van der Waals surface area contributed by atoms with Crippen LogP contribution in [0.4, 0.5) is 4.79 Å². The van der Waals surface area contributed by atoms with Gasteiger partial charge in [-0.3, -0.25) is 10.1 Å². The summed E-state index contributed by atoms with van der Waals surface area (Å²) in [6.07, 6.45) is 4.69. The van der Waals surface area contributed by atoms with Crippen LogP contribution in [-0.4, -0.2) is 24.1 Å². The SMILES string of the molecule is C[C@H](Oc1ccc(Br)cc1)C(=O)NC(=O)NC1CCCCC1. The smallest absolute Gasteiger partial charge is 0.321 e.